The molecule has 0 atom stereocenters. The maximum atomic E-state index is 10.6. The number of methoxy groups -OCH3 is 1. The van der Waals surface area contributed by atoms with Crippen molar-refractivity contribution in [3.63, 3.8) is 0 Å². The summed E-state index contributed by atoms with van der Waals surface area (Å²) < 4.78 is 4.34. The van der Waals surface area contributed by atoms with E-state index in [0.717, 1.165) is 5.56 Å². The van der Waals surface area contributed by atoms with Crippen molar-refractivity contribution in [3.05, 3.63) is 35.9 Å². The lowest BCUT2D eigenvalue weighted by Gasteiger charge is -1.90. The summed E-state index contributed by atoms with van der Waals surface area (Å²) in [5.41, 5.74) is 0.878. The first-order valence-corrected chi connectivity index (χ1v) is 3.50. The average molecular weight is 163 g/mol. The van der Waals surface area contributed by atoms with E-state index in [1.54, 1.807) is 0 Å². The Balaban J connectivity index is 2.64. The van der Waals surface area contributed by atoms with Crippen molar-refractivity contribution in [2.45, 2.75) is 0 Å². The van der Waals surface area contributed by atoms with Gasteiger partial charge in [-0.25, -0.2) is 4.79 Å². The summed E-state index contributed by atoms with van der Waals surface area (Å²) in [6.07, 6.45) is 0.880. The van der Waals surface area contributed by atoms with Crippen molar-refractivity contribution in [2.75, 3.05) is 7.11 Å². The van der Waals surface area contributed by atoms with Crippen molar-refractivity contribution in [2.24, 2.45) is 4.99 Å². The fourth-order valence-corrected chi connectivity index (χ4v) is 0.719. The van der Waals surface area contributed by atoms with Crippen LogP contribution in [0.25, 0.3) is 0 Å². The normalized spacial score (nSPS) is 10.1. The van der Waals surface area contributed by atoms with Gasteiger partial charge >= 0.3 is 6.09 Å². The Labute approximate surface area is 70.7 Å². The Morgan fingerprint density at radius 1 is 1.42 bits per heavy atom. The van der Waals surface area contributed by atoms with E-state index in [0.29, 0.717) is 0 Å². The zero-order chi connectivity index (χ0) is 8.81. The molecule has 0 aromatic heterocycles. The van der Waals surface area contributed by atoms with Crippen LogP contribution < -0.4 is 0 Å². The average Bonchev–Trinajstić information content (AvgIpc) is 2.16. The Morgan fingerprint density at radius 2 is 2.08 bits per heavy atom. The summed E-state index contributed by atoms with van der Waals surface area (Å²) in [6, 6.07) is 9.35. The first-order chi connectivity index (χ1) is 5.83. The molecule has 3 nitrogen and oxygen atoms in total. The highest BCUT2D eigenvalue weighted by Crippen LogP contribution is 1.94. The molecule has 3 heteroatoms. The summed E-state index contributed by atoms with van der Waals surface area (Å²) in [5, 5.41) is 0. The predicted molar refractivity (Wildman–Crippen MR) is 46.4 cm³/mol. The van der Waals surface area contributed by atoms with E-state index in [2.05, 4.69) is 9.73 Å². The van der Waals surface area contributed by atoms with E-state index in [-0.39, 0.29) is 0 Å². The molecule has 0 N–H and O–H groups in total. The van der Waals surface area contributed by atoms with E-state index >= 15 is 0 Å². The van der Waals surface area contributed by atoms with E-state index in [1.165, 1.54) is 13.3 Å². The molecule has 0 bridgehead atoms. The van der Waals surface area contributed by atoms with Crippen molar-refractivity contribution in [3.8, 4) is 0 Å². The molecule has 0 unspecified atom stereocenters. The van der Waals surface area contributed by atoms with Crippen LogP contribution >= 0.6 is 0 Å². The lowest BCUT2D eigenvalue weighted by atomic mass is 10.2. The van der Waals surface area contributed by atoms with Gasteiger partial charge in [-0.1, -0.05) is 30.3 Å². The summed E-state index contributed by atoms with van der Waals surface area (Å²) in [4.78, 5) is 14.1. The summed E-state index contributed by atoms with van der Waals surface area (Å²) in [6.45, 7) is 0. The summed E-state index contributed by atoms with van der Waals surface area (Å²) >= 11 is 0. The monoisotopic (exact) mass is 163 g/mol. The van der Waals surface area contributed by atoms with Crippen LogP contribution in [-0.4, -0.2) is 19.4 Å². The Kier molecular flexibility index (Phi) is 3.02. The lowest BCUT2D eigenvalue weighted by Crippen LogP contribution is -1.93. The van der Waals surface area contributed by atoms with Crippen molar-refractivity contribution in [1.29, 1.82) is 0 Å². The molecule has 0 saturated carbocycles. The van der Waals surface area contributed by atoms with Gasteiger partial charge in [-0.3, -0.25) is 0 Å². The maximum absolute atomic E-state index is 10.6. The second-order valence-corrected chi connectivity index (χ2v) is 2.14. The Morgan fingerprint density at radius 3 is 2.67 bits per heavy atom. The molecule has 0 radical (unpaired) electrons. The van der Waals surface area contributed by atoms with Gasteiger partial charge in [-0.2, -0.15) is 4.99 Å². The van der Waals surface area contributed by atoms with E-state index in [1.807, 2.05) is 30.3 Å². The van der Waals surface area contributed by atoms with Gasteiger partial charge < -0.3 is 4.74 Å². The largest absolute Gasteiger partial charge is 0.451 e. The van der Waals surface area contributed by atoms with E-state index in [9.17, 15) is 4.79 Å². The molecule has 0 aliphatic heterocycles. The van der Waals surface area contributed by atoms with Crippen LogP contribution in [0.15, 0.2) is 35.3 Å². The highest BCUT2D eigenvalue weighted by Gasteiger charge is 1.91. The molecule has 0 spiro atoms. The van der Waals surface area contributed by atoms with Crippen molar-refractivity contribution < 1.29 is 9.53 Å². The molecule has 0 aliphatic rings. The number of nitrogens with zero attached hydrogens (tertiary/aromatic N) is 1. The second-order valence-electron chi connectivity index (χ2n) is 2.14. The fraction of sp³-hybridized carbons (Fsp3) is 0.111. The zero-order valence-electron chi connectivity index (χ0n) is 6.73. The topological polar surface area (TPSA) is 38.7 Å². The second kappa shape index (κ2) is 4.28. The van der Waals surface area contributed by atoms with Gasteiger partial charge in [-0.15, -0.1) is 0 Å². The third kappa shape index (κ3) is 2.54. The van der Waals surface area contributed by atoms with Crippen LogP contribution in [0.4, 0.5) is 4.79 Å². The minimum absolute atomic E-state index is 0.584. The van der Waals surface area contributed by atoms with E-state index in [4.69, 9.17) is 0 Å². The predicted octanol–water partition coefficient (Wildman–Crippen LogP) is 1.87. The molecule has 0 fully saturated rings. The standard InChI is InChI=1S/C9H9NO2/c1-12-9(11)10-7-8-5-3-2-4-6-8/h2-7H,1H3. The molecule has 0 aliphatic carbocycles. The molecule has 1 amide bonds. The smallest absolute Gasteiger partial charge is 0.433 e. The van der Waals surface area contributed by atoms with Gasteiger partial charge in [0.1, 0.15) is 0 Å². The Bertz CT molecular complexity index is 280. The molecule has 1 aromatic carbocycles. The van der Waals surface area contributed by atoms with Crippen LogP contribution in [-0.2, 0) is 4.74 Å². The van der Waals surface area contributed by atoms with Crippen LogP contribution in [0, 0.1) is 0 Å². The number of amides is 1. The van der Waals surface area contributed by atoms with Crippen molar-refractivity contribution in [1.82, 2.24) is 0 Å². The number of ether oxygens (including phenoxy) is 1. The first-order valence-electron chi connectivity index (χ1n) is 3.50. The molecule has 1 aromatic rings. The van der Waals surface area contributed by atoms with E-state index < -0.39 is 6.09 Å². The van der Waals surface area contributed by atoms with Crippen LogP contribution in [0.3, 0.4) is 0 Å². The maximum Gasteiger partial charge on any atom is 0.433 e. The lowest BCUT2D eigenvalue weighted by molar-refractivity contribution is 0.183. The zero-order valence-corrected chi connectivity index (χ0v) is 6.73. The first kappa shape index (κ1) is 8.46. The van der Waals surface area contributed by atoms with Gasteiger partial charge in [0, 0.05) is 6.21 Å². The molecule has 1 rings (SSSR count). The van der Waals surface area contributed by atoms with Gasteiger partial charge in [0.25, 0.3) is 0 Å². The SMILES string of the molecule is COC(=O)N=Cc1ccccc1. The number of carbonyl (C=O) groups is 1. The molecular formula is C9H9NO2. The Hall–Kier alpha value is -1.64. The number of rotatable bonds is 1. The summed E-state index contributed by atoms with van der Waals surface area (Å²) in [7, 11) is 1.30. The van der Waals surface area contributed by atoms with Gasteiger partial charge in [0.2, 0.25) is 0 Å². The number of benzene rings is 1. The molecule has 0 saturated heterocycles. The van der Waals surface area contributed by atoms with Crippen LogP contribution in [0.5, 0.6) is 0 Å². The number of aliphatic imine (C=N–C) groups is 1. The van der Waals surface area contributed by atoms with Crippen molar-refractivity contribution >= 4 is 12.3 Å². The molecule has 62 valence electrons. The van der Waals surface area contributed by atoms with Gasteiger partial charge in [-0.05, 0) is 5.56 Å². The number of hydrogen-bond acceptors (Lipinski definition) is 2. The van der Waals surface area contributed by atoms with Gasteiger partial charge in [0.05, 0.1) is 7.11 Å². The molecule has 12 heavy (non-hydrogen) atoms. The van der Waals surface area contributed by atoms with Crippen LogP contribution in [0.1, 0.15) is 5.56 Å². The minimum Gasteiger partial charge on any atom is -0.451 e. The highest BCUT2D eigenvalue weighted by molar-refractivity contribution is 5.88. The van der Waals surface area contributed by atoms with Crippen LogP contribution in [0.2, 0.25) is 0 Å². The molecular weight excluding hydrogens is 154 g/mol. The van der Waals surface area contributed by atoms with Gasteiger partial charge in [0.15, 0.2) is 0 Å². The third-order valence-electron chi connectivity index (χ3n) is 1.29. The number of carbonyl (C=O) groups excluding carboxylic acids is 1. The molecule has 0 heterocycles. The quantitative estimate of drug-likeness (QED) is 0.593. The summed E-state index contributed by atoms with van der Waals surface area (Å²) in [5.74, 6) is 0. The fourth-order valence-electron chi connectivity index (χ4n) is 0.719. The third-order valence-corrected chi connectivity index (χ3v) is 1.29. The highest BCUT2D eigenvalue weighted by atomic mass is 16.5. The number of hydrogen-bond donors (Lipinski definition) is 0. The minimum atomic E-state index is -0.584.